The molecule has 3 aliphatic heterocycles. The summed E-state index contributed by atoms with van der Waals surface area (Å²) in [7, 11) is 0. The van der Waals surface area contributed by atoms with E-state index in [0.29, 0.717) is 11.4 Å². The van der Waals surface area contributed by atoms with Gasteiger partial charge >= 0.3 is 18.6 Å². The number of carbonyl (C=O) groups is 4. The molecule has 0 fully saturated rings. The Morgan fingerprint density at radius 1 is 0.971 bits per heavy atom. The van der Waals surface area contributed by atoms with Gasteiger partial charge < -0.3 is 30.1 Å². The van der Waals surface area contributed by atoms with Crippen LogP contribution in [-0.2, 0) is 19.2 Å². The van der Waals surface area contributed by atoms with E-state index in [2.05, 4.69) is 10.1 Å². The minimum Gasteiger partial charge on any atom is -0.481 e. The smallest absolute Gasteiger partial charge is 0.387 e. The van der Waals surface area contributed by atoms with Crippen LogP contribution < -0.4 is 10.1 Å². The number of hydrogen-bond donors (Lipinski definition) is 3. The quantitative estimate of drug-likeness (QED) is 0.481. The second-order valence-electron chi connectivity index (χ2n) is 8.00. The molecule has 0 atom stereocenters. The number of hydrogen-bond acceptors (Lipinski definition) is 6. The summed E-state index contributed by atoms with van der Waals surface area (Å²) in [4.78, 5) is 51.2. The number of para-hydroxylation sites is 1. The predicted molar refractivity (Wildman–Crippen MR) is 111 cm³/mol. The molecule has 0 spiro atoms. The molecule has 180 valence electrons. The zero-order chi connectivity index (χ0) is 24.6. The maximum Gasteiger partial charge on any atom is 0.387 e. The molecule has 10 nitrogen and oxygen atoms in total. The van der Waals surface area contributed by atoms with Gasteiger partial charge in [0, 0.05) is 30.0 Å². The van der Waals surface area contributed by atoms with E-state index in [1.165, 1.54) is 28.0 Å². The summed E-state index contributed by atoms with van der Waals surface area (Å²) in [5.41, 5.74) is 1.38. The molecule has 12 heteroatoms. The molecule has 3 aliphatic rings. The Labute approximate surface area is 192 Å². The molecule has 0 aromatic heterocycles. The number of carbonyl (C=O) groups excluding carboxylic acids is 2. The lowest BCUT2D eigenvalue weighted by molar-refractivity contribution is -0.139. The molecule has 3 heterocycles. The maximum absolute atomic E-state index is 13.3. The predicted octanol–water partition coefficient (Wildman–Crippen LogP) is 1.12. The molecule has 0 radical (unpaired) electrons. The van der Waals surface area contributed by atoms with Crippen LogP contribution in [0, 0.1) is 0 Å². The van der Waals surface area contributed by atoms with Gasteiger partial charge in [-0.2, -0.15) is 8.78 Å². The van der Waals surface area contributed by atoms with E-state index >= 15 is 0 Å². The molecular formula is C22H21F2N3O7. The van der Waals surface area contributed by atoms with Gasteiger partial charge in [-0.05, 0) is 6.07 Å². The Bertz CT molecular complexity index is 1070. The number of halogens is 2. The van der Waals surface area contributed by atoms with Gasteiger partial charge in [-0.3, -0.25) is 19.2 Å². The number of dihydropyridines is 1. The monoisotopic (exact) mass is 477 g/mol. The highest BCUT2D eigenvalue weighted by Crippen LogP contribution is 2.47. The first kappa shape index (κ1) is 23.2. The summed E-state index contributed by atoms with van der Waals surface area (Å²) >= 11 is 0. The highest BCUT2D eigenvalue weighted by atomic mass is 19.3. The highest BCUT2D eigenvalue weighted by molar-refractivity contribution is 6.07. The van der Waals surface area contributed by atoms with E-state index in [1.807, 2.05) is 0 Å². The highest BCUT2D eigenvalue weighted by Gasteiger charge is 2.48. The molecule has 0 saturated carbocycles. The van der Waals surface area contributed by atoms with Crippen molar-refractivity contribution in [3.63, 3.8) is 0 Å². The number of ether oxygens (including phenoxy) is 1. The summed E-state index contributed by atoms with van der Waals surface area (Å²) in [6.07, 6.45) is -0.561. The third-order valence-electron chi connectivity index (χ3n) is 5.90. The van der Waals surface area contributed by atoms with Crippen molar-refractivity contribution < 1.29 is 42.9 Å². The van der Waals surface area contributed by atoms with E-state index < -0.39 is 36.3 Å². The lowest BCUT2D eigenvalue weighted by atomic mass is 9.80. The van der Waals surface area contributed by atoms with Crippen molar-refractivity contribution in [2.75, 3.05) is 26.2 Å². The van der Waals surface area contributed by atoms with Crippen LogP contribution in [0.15, 0.2) is 46.8 Å². The molecule has 0 unspecified atom stereocenters. The van der Waals surface area contributed by atoms with Crippen LogP contribution in [0.1, 0.15) is 24.3 Å². The first-order valence-corrected chi connectivity index (χ1v) is 10.5. The van der Waals surface area contributed by atoms with Crippen molar-refractivity contribution in [2.45, 2.75) is 25.4 Å². The number of nitrogens with one attached hydrogen (secondary N) is 1. The number of rotatable bonds is 9. The molecular weight excluding hydrogens is 456 g/mol. The number of carboxylic acid groups (broad SMARTS) is 2. The van der Waals surface area contributed by atoms with Crippen molar-refractivity contribution in [1.82, 2.24) is 15.1 Å². The minimum atomic E-state index is -3.14. The minimum absolute atomic E-state index is 0.0614. The number of carboxylic acids is 2. The maximum atomic E-state index is 13.3. The zero-order valence-corrected chi connectivity index (χ0v) is 17.8. The molecule has 0 saturated heterocycles. The van der Waals surface area contributed by atoms with E-state index in [0.717, 1.165) is 0 Å². The summed E-state index contributed by atoms with van der Waals surface area (Å²) in [5.74, 6) is -4.42. The summed E-state index contributed by atoms with van der Waals surface area (Å²) in [5, 5.41) is 21.1. The van der Waals surface area contributed by atoms with Gasteiger partial charge in [-0.15, -0.1) is 0 Å². The topological polar surface area (TPSA) is 136 Å². The van der Waals surface area contributed by atoms with Crippen molar-refractivity contribution in [3.8, 4) is 5.75 Å². The molecule has 2 amide bonds. The van der Waals surface area contributed by atoms with Crippen LogP contribution >= 0.6 is 0 Å². The average Bonchev–Trinajstić information content (AvgIpc) is 3.25. The molecule has 1 aromatic rings. The van der Waals surface area contributed by atoms with E-state index in [-0.39, 0.29) is 61.5 Å². The summed E-state index contributed by atoms with van der Waals surface area (Å²) in [6, 6.07) is 5.86. The number of benzene rings is 1. The van der Waals surface area contributed by atoms with E-state index in [9.17, 15) is 28.0 Å². The second kappa shape index (κ2) is 9.12. The van der Waals surface area contributed by atoms with Crippen molar-refractivity contribution >= 4 is 23.8 Å². The number of aliphatic carboxylic acids is 2. The lowest BCUT2D eigenvalue weighted by Crippen LogP contribution is -2.33. The van der Waals surface area contributed by atoms with Crippen LogP contribution in [0.2, 0.25) is 0 Å². The SMILES string of the molecule is O=C(O)CCN1CC2=C(C1=O)C(c1ccccc1OC(F)F)C1=C(CN(CCC(=O)O)C1=O)N2. The third kappa shape index (κ3) is 4.30. The molecule has 1 aromatic carbocycles. The fourth-order valence-electron chi connectivity index (χ4n) is 4.49. The van der Waals surface area contributed by atoms with Gasteiger partial charge in [0.05, 0.1) is 43.0 Å². The van der Waals surface area contributed by atoms with Gasteiger partial charge in [0.25, 0.3) is 11.8 Å². The molecule has 0 bridgehead atoms. The fraction of sp³-hybridized carbons (Fsp3) is 0.364. The molecule has 3 N–H and O–H groups in total. The Morgan fingerprint density at radius 3 is 1.94 bits per heavy atom. The summed E-state index contributed by atoms with van der Waals surface area (Å²) in [6.45, 7) is -3.13. The molecule has 4 rings (SSSR count). The van der Waals surface area contributed by atoms with Crippen LogP contribution in [0.5, 0.6) is 5.75 Å². The Balaban J connectivity index is 1.74. The van der Waals surface area contributed by atoms with Gasteiger partial charge in [0.1, 0.15) is 5.75 Å². The van der Waals surface area contributed by atoms with Crippen molar-refractivity contribution in [1.29, 1.82) is 0 Å². The third-order valence-corrected chi connectivity index (χ3v) is 5.90. The normalized spacial score (nSPS) is 18.0. The number of alkyl halides is 2. The van der Waals surface area contributed by atoms with Crippen LogP contribution in [0.4, 0.5) is 8.78 Å². The largest absolute Gasteiger partial charge is 0.481 e. The van der Waals surface area contributed by atoms with Gasteiger partial charge in [0.2, 0.25) is 0 Å². The lowest BCUT2D eigenvalue weighted by Gasteiger charge is -2.27. The van der Waals surface area contributed by atoms with E-state index in [1.54, 1.807) is 6.07 Å². The first-order valence-electron chi connectivity index (χ1n) is 10.5. The molecule has 34 heavy (non-hydrogen) atoms. The van der Waals surface area contributed by atoms with Crippen molar-refractivity contribution in [2.24, 2.45) is 0 Å². The van der Waals surface area contributed by atoms with Crippen LogP contribution in [0.25, 0.3) is 0 Å². The number of nitrogens with zero attached hydrogens (tertiary/aromatic N) is 2. The van der Waals surface area contributed by atoms with Gasteiger partial charge in [0.15, 0.2) is 0 Å². The standard InChI is InChI=1S/C22H21F2N3O7/c23-22(24)34-14-4-2-1-3-11(14)17-18-12(9-26(20(18)32)7-5-15(28)29)25-13-10-27(8-6-16(30)31)21(33)19(13)17/h1-4,17,22,25H,5-10H2,(H,28,29)(H,30,31). The Kier molecular flexibility index (Phi) is 6.22. The van der Waals surface area contributed by atoms with Gasteiger partial charge in [-0.1, -0.05) is 18.2 Å². The number of amides is 2. The van der Waals surface area contributed by atoms with Crippen LogP contribution in [0.3, 0.4) is 0 Å². The Hall–Kier alpha value is -3.96. The molecule has 0 aliphatic carbocycles. The Morgan fingerprint density at radius 2 is 1.47 bits per heavy atom. The zero-order valence-electron chi connectivity index (χ0n) is 17.8. The first-order chi connectivity index (χ1) is 16.2. The summed E-state index contributed by atoms with van der Waals surface area (Å²) < 4.78 is 30.9. The fourth-order valence-corrected chi connectivity index (χ4v) is 4.49. The average molecular weight is 477 g/mol. The second-order valence-corrected chi connectivity index (χ2v) is 8.00. The van der Waals surface area contributed by atoms with Crippen LogP contribution in [-0.4, -0.2) is 76.6 Å². The van der Waals surface area contributed by atoms with Gasteiger partial charge in [-0.25, -0.2) is 0 Å². The van der Waals surface area contributed by atoms with E-state index in [4.69, 9.17) is 10.2 Å². The van der Waals surface area contributed by atoms with Crippen molar-refractivity contribution in [3.05, 3.63) is 52.4 Å².